The molecule has 0 bridgehead atoms. The smallest absolute Gasteiger partial charge is 0.360 e. The van der Waals surface area contributed by atoms with Gasteiger partial charge >= 0.3 is 5.97 Å². The van der Waals surface area contributed by atoms with Crippen molar-refractivity contribution in [2.45, 2.75) is 20.4 Å². The van der Waals surface area contributed by atoms with Crippen LogP contribution in [0.15, 0.2) is 11.6 Å². The molecule has 0 saturated heterocycles. The number of carbonyl (C=O) groups is 1. The summed E-state index contributed by atoms with van der Waals surface area (Å²) in [5, 5.41) is 0.419. The normalized spacial score (nSPS) is 10.2. The highest BCUT2D eigenvalue weighted by atomic mass is 35.5. The molecule has 0 amide bonds. The largest absolute Gasteiger partial charge is 0.461 e. The number of hydrogen-bond donors (Lipinski definition) is 1. The molecule has 0 unspecified atom stereocenters. The molecule has 5 nitrogen and oxygen atoms in total. The quantitative estimate of drug-likeness (QED) is 0.818. The number of carbonyl (C=O) groups excluding carboxylic acids is 1. The van der Waals surface area contributed by atoms with Gasteiger partial charge in [0.15, 0.2) is 5.69 Å². The van der Waals surface area contributed by atoms with Crippen molar-refractivity contribution in [2.24, 2.45) is 0 Å². The van der Waals surface area contributed by atoms with Gasteiger partial charge in [0.1, 0.15) is 11.6 Å². The van der Waals surface area contributed by atoms with Crippen molar-refractivity contribution in [3.8, 4) is 0 Å². The lowest BCUT2D eigenvalue weighted by Gasteiger charge is -2.05. The van der Waals surface area contributed by atoms with Gasteiger partial charge in [0.2, 0.25) is 0 Å². The number of allylic oxidation sites excluding steroid dienone is 1. The number of nitrogens with zero attached hydrogens (tertiary/aromatic N) is 2. The molecule has 16 heavy (non-hydrogen) atoms. The van der Waals surface area contributed by atoms with Crippen LogP contribution in [-0.2, 0) is 11.3 Å². The Morgan fingerprint density at radius 3 is 2.81 bits per heavy atom. The lowest BCUT2D eigenvalue weighted by atomic mass is 10.4. The minimum absolute atomic E-state index is 0.122. The molecule has 88 valence electrons. The number of rotatable bonds is 4. The second-order valence-corrected chi connectivity index (χ2v) is 3.75. The third-order valence-corrected chi connectivity index (χ3v) is 2.12. The van der Waals surface area contributed by atoms with E-state index < -0.39 is 5.97 Å². The van der Waals surface area contributed by atoms with Gasteiger partial charge in [-0.1, -0.05) is 18.2 Å². The monoisotopic (exact) mass is 243 g/mol. The number of imidazole rings is 1. The SMILES string of the molecule is C=C(Cl)Cn1c(C)nc(C(=O)OCC)c1N. The summed E-state index contributed by atoms with van der Waals surface area (Å²) in [5.74, 6) is 0.321. The van der Waals surface area contributed by atoms with E-state index in [1.54, 1.807) is 18.4 Å². The fraction of sp³-hybridized carbons (Fsp3) is 0.400. The number of nitrogen functional groups attached to an aromatic ring is 1. The van der Waals surface area contributed by atoms with Crippen LogP contribution in [0.5, 0.6) is 0 Å². The van der Waals surface area contributed by atoms with Crippen molar-refractivity contribution in [2.75, 3.05) is 12.3 Å². The van der Waals surface area contributed by atoms with Crippen LogP contribution in [0.4, 0.5) is 5.82 Å². The molecule has 0 aliphatic rings. The Bertz CT molecular complexity index is 426. The van der Waals surface area contributed by atoms with Crippen LogP contribution in [0.1, 0.15) is 23.2 Å². The summed E-state index contributed by atoms with van der Waals surface area (Å²) in [7, 11) is 0. The van der Waals surface area contributed by atoms with E-state index in [-0.39, 0.29) is 18.1 Å². The second-order valence-electron chi connectivity index (χ2n) is 3.22. The molecule has 0 saturated carbocycles. The molecule has 0 fully saturated rings. The number of halogens is 1. The van der Waals surface area contributed by atoms with Gasteiger partial charge in [-0.15, -0.1) is 0 Å². The van der Waals surface area contributed by atoms with E-state index >= 15 is 0 Å². The van der Waals surface area contributed by atoms with Crippen LogP contribution in [0.25, 0.3) is 0 Å². The van der Waals surface area contributed by atoms with Crippen molar-refractivity contribution >= 4 is 23.4 Å². The number of anilines is 1. The number of hydrogen-bond acceptors (Lipinski definition) is 4. The third-order valence-electron chi connectivity index (χ3n) is 2.00. The maximum absolute atomic E-state index is 11.5. The molecule has 1 heterocycles. The van der Waals surface area contributed by atoms with Gasteiger partial charge < -0.3 is 15.0 Å². The lowest BCUT2D eigenvalue weighted by molar-refractivity contribution is 0.0521. The van der Waals surface area contributed by atoms with Crippen LogP contribution in [-0.4, -0.2) is 22.1 Å². The Labute approximate surface area is 98.9 Å². The van der Waals surface area contributed by atoms with E-state index in [1.807, 2.05) is 0 Å². The second kappa shape index (κ2) is 5.03. The first kappa shape index (κ1) is 12.6. The molecular formula is C10H14ClN3O2. The molecule has 6 heteroatoms. The van der Waals surface area contributed by atoms with Crippen molar-refractivity contribution in [1.82, 2.24) is 9.55 Å². The van der Waals surface area contributed by atoms with Gasteiger partial charge in [0.05, 0.1) is 13.2 Å². The molecule has 0 atom stereocenters. The molecule has 0 spiro atoms. The third kappa shape index (κ3) is 2.55. The number of esters is 1. The number of aromatic nitrogens is 2. The maximum atomic E-state index is 11.5. The van der Waals surface area contributed by atoms with Gasteiger partial charge in [-0.25, -0.2) is 9.78 Å². The van der Waals surface area contributed by atoms with Crippen molar-refractivity contribution in [3.63, 3.8) is 0 Å². The van der Waals surface area contributed by atoms with E-state index in [4.69, 9.17) is 22.1 Å². The average Bonchev–Trinajstić information content (AvgIpc) is 2.45. The Hall–Kier alpha value is -1.49. The van der Waals surface area contributed by atoms with Gasteiger partial charge in [0, 0.05) is 5.03 Å². The molecule has 2 N–H and O–H groups in total. The van der Waals surface area contributed by atoms with Crippen LogP contribution in [0.3, 0.4) is 0 Å². The zero-order valence-electron chi connectivity index (χ0n) is 9.29. The van der Waals surface area contributed by atoms with E-state index in [2.05, 4.69) is 11.6 Å². The van der Waals surface area contributed by atoms with Gasteiger partial charge in [-0.2, -0.15) is 0 Å². The fourth-order valence-corrected chi connectivity index (χ4v) is 1.42. The van der Waals surface area contributed by atoms with Gasteiger partial charge in [0.25, 0.3) is 0 Å². The first-order chi connectivity index (χ1) is 7.47. The first-order valence-corrected chi connectivity index (χ1v) is 5.18. The molecule has 0 aliphatic heterocycles. The summed E-state index contributed by atoms with van der Waals surface area (Å²) < 4.78 is 6.44. The molecular weight excluding hydrogens is 230 g/mol. The zero-order valence-corrected chi connectivity index (χ0v) is 10.0. The Morgan fingerprint density at radius 2 is 2.31 bits per heavy atom. The van der Waals surface area contributed by atoms with E-state index in [9.17, 15) is 4.79 Å². The van der Waals surface area contributed by atoms with Gasteiger partial charge in [-0.05, 0) is 13.8 Å². The average molecular weight is 244 g/mol. The van der Waals surface area contributed by atoms with Crippen LogP contribution in [0.2, 0.25) is 0 Å². The summed E-state index contributed by atoms with van der Waals surface area (Å²) in [6, 6.07) is 0. The Kier molecular flexibility index (Phi) is 3.95. The molecule has 0 radical (unpaired) electrons. The number of aryl methyl sites for hydroxylation is 1. The lowest BCUT2D eigenvalue weighted by Crippen LogP contribution is -2.10. The molecule has 1 aromatic heterocycles. The van der Waals surface area contributed by atoms with Crippen LogP contribution >= 0.6 is 11.6 Å². The Morgan fingerprint density at radius 1 is 1.69 bits per heavy atom. The summed E-state index contributed by atoms with van der Waals surface area (Å²) in [6.45, 7) is 7.63. The number of ether oxygens (including phenoxy) is 1. The summed E-state index contributed by atoms with van der Waals surface area (Å²) in [4.78, 5) is 15.5. The minimum atomic E-state index is -0.526. The van der Waals surface area contributed by atoms with Crippen molar-refractivity contribution in [1.29, 1.82) is 0 Å². The van der Waals surface area contributed by atoms with E-state index in [0.29, 0.717) is 17.4 Å². The molecule has 0 aromatic carbocycles. The highest BCUT2D eigenvalue weighted by Crippen LogP contribution is 2.17. The molecule has 1 aromatic rings. The summed E-state index contributed by atoms with van der Waals surface area (Å²) in [6.07, 6.45) is 0. The first-order valence-electron chi connectivity index (χ1n) is 4.80. The molecule has 0 aliphatic carbocycles. The van der Waals surface area contributed by atoms with Crippen molar-refractivity contribution in [3.05, 3.63) is 23.1 Å². The van der Waals surface area contributed by atoms with E-state index in [0.717, 1.165) is 0 Å². The fourth-order valence-electron chi connectivity index (χ4n) is 1.30. The van der Waals surface area contributed by atoms with Gasteiger partial charge in [-0.3, -0.25) is 0 Å². The molecule has 1 rings (SSSR count). The van der Waals surface area contributed by atoms with Crippen LogP contribution < -0.4 is 5.73 Å². The van der Waals surface area contributed by atoms with Crippen LogP contribution in [0, 0.1) is 6.92 Å². The minimum Gasteiger partial charge on any atom is -0.461 e. The van der Waals surface area contributed by atoms with Crippen molar-refractivity contribution < 1.29 is 9.53 Å². The Balaban J connectivity index is 3.06. The highest BCUT2D eigenvalue weighted by molar-refractivity contribution is 6.29. The summed E-state index contributed by atoms with van der Waals surface area (Å²) in [5.41, 5.74) is 5.91. The zero-order chi connectivity index (χ0) is 12.3. The summed E-state index contributed by atoms with van der Waals surface area (Å²) >= 11 is 5.69. The predicted molar refractivity (Wildman–Crippen MR) is 62.3 cm³/mol. The highest BCUT2D eigenvalue weighted by Gasteiger charge is 2.19. The number of nitrogens with two attached hydrogens (primary N) is 1. The topological polar surface area (TPSA) is 70.1 Å². The standard InChI is InChI=1S/C10H14ClN3O2/c1-4-16-10(15)8-9(12)14(5-6(2)11)7(3)13-8/h2,4-5,12H2,1,3H3. The maximum Gasteiger partial charge on any atom is 0.360 e. The van der Waals surface area contributed by atoms with E-state index in [1.165, 1.54) is 0 Å². The predicted octanol–water partition coefficient (Wildman–Crippen LogP) is 1.70.